The lowest BCUT2D eigenvalue weighted by atomic mass is 10.2. The molecule has 1 aliphatic rings. The van der Waals surface area contributed by atoms with E-state index in [2.05, 4.69) is 31.7 Å². The van der Waals surface area contributed by atoms with Crippen LogP contribution in [0.2, 0.25) is 0 Å². The zero-order valence-electron chi connectivity index (χ0n) is 15.1. The smallest absolute Gasteiger partial charge is 0.191 e. The quantitative estimate of drug-likeness (QED) is 0.589. The summed E-state index contributed by atoms with van der Waals surface area (Å²) in [7, 11) is 3.74. The highest BCUT2D eigenvalue weighted by molar-refractivity contribution is 5.79. The molecule has 3 rings (SSSR count). The fraction of sp³-hybridized carbons (Fsp3) is 0.556. The summed E-state index contributed by atoms with van der Waals surface area (Å²) in [6.45, 7) is 3.85. The molecule has 2 aromatic heterocycles. The van der Waals surface area contributed by atoms with Crippen LogP contribution in [-0.4, -0.2) is 53.9 Å². The molecule has 136 valence electrons. The highest BCUT2D eigenvalue weighted by atomic mass is 16.3. The van der Waals surface area contributed by atoms with Crippen molar-refractivity contribution in [2.24, 2.45) is 12.0 Å². The Balaban J connectivity index is 1.50. The zero-order chi connectivity index (χ0) is 17.5. The standard InChI is InChI=1S/C18H28N6O/c1-19-18(20-8-7-15-12-22-23(2)14-15)21-13-16(17-6-5-11-25-17)24-9-3-4-10-24/h5-6,11-12,14,16H,3-4,7-10,13H2,1-2H3,(H2,19,20,21). The van der Waals surface area contributed by atoms with Gasteiger partial charge in [0.15, 0.2) is 5.96 Å². The van der Waals surface area contributed by atoms with Crippen molar-refractivity contribution in [2.75, 3.05) is 33.2 Å². The minimum atomic E-state index is 0.245. The minimum Gasteiger partial charge on any atom is -0.468 e. The molecule has 25 heavy (non-hydrogen) atoms. The molecule has 0 aliphatic carbocycles. The van der Waals surface area contributed by atoms with Crippen molar-refractivity contribution < 1.29 is 4.42 Å². The Labute approximate surface area is 149 Å². The highest BCUT2D eigenvalue weighted by Gasteiger charge is 2.25. The van der Waals surface area contributed by atoms with Gasteiger partial charge in [-0.3, -0.25) is 14.6 Å². The summed E-state index contributed by atoms with van der Waals surface area (Å²) in [4.78, 5) is 6.81. The highest BCUT2D eigenvalue weighted by Crippen LogP contribution is 2.24. The van der Waals surface area contributed by atoms with Gasteiger partial charge in [0.2, 0.25) is 0 Å². The molecule has 0 amide bonds. The summed E-state index contributed by atoms with van der Waals surface area (Å²) >= 11 is 0. The molecule has 3 heterocycles. The Morgan fingerprint density at radius 1 is 1.36 bits per heavy atom. The Hall–Kier alpha value is -2.28. The number of furan rings is 1. The van der Waals surface area contributed by atoms with Gasteiger partial charge in [-0.25, -0.2) is 0 Å². The van der Waals surface area contributed by atoms with E-state index in [4.69, 9.17) is 4.42 Å². The van der Waals surface area contributed by atoms with Gasteiger partial charge >= 0.3 is 0 Å². The molecule has 1 atom stereocenters. The van der Waals surface area contributed by atoms with Crippen LogP contribution in [0.25, 0.3) is 0 Å². The van der Waals surface area contributed by atoms with Crippen LogP contribution in [0.4, 0.5) is 0 Å². The largest absolute Gasteiger partial charge is 0.468 e. The zero-order valence-corrected chi connectivity index (χ0v) is 15.1. The normalized spacial score (nSPS) is 17.0. The van der Waals surface area contributed by atoms with E-state index in [1.165, 1.54) is 18.4 Å². The van der Waals surface area contributed by atoms with Gasteiger partial charge in [0, 0.05) is 33.4 Å². The third-order valence-corrected chi connectivity index (χ3v) is 4.60. The number of hydrogen-bond acceptors (Lipinski definition) is 4. The van der Waals surface area contributed by atoms with Gasteiger partial charge in [-0.05, 0) is 50.0 Å². The Bertz CT molecular complexity index is 657. The first-order valence-corrected chi connectivity index (χ1v) is 8.96. The van der Waals surface area contributed by atoms with E-state index < -0.39 is 0 Å². The number of guanidine groups is 1. The molecule has 7 nitrogen and oxygen atoms in total. The van der Waals surface area contributed by atoms with Crippen LogP contribution in [0.5, 0.6) is 0 Å². The predicted octanol–water partition coefficient (Wildman–Crippen LogP) is 1.56. The van der Waals surface area contributed by atoms with Crippen LogP contribution in [-0.2, 0) is 13.5 Å². The van der Waals surface area contributed by atoms with E-state index in [-0.39, 0.29) is 6.04 Å². The molecule has 2 N–H and O–H groups in total. The molecule has 0 bridgehead atoms. The maximum atomic E-state index is 5.66. The molecule has 1 aliphatic heterocycles. The second-order valence-corrected chi connectivity index (χ2v) is 6.43. The molecule has 7 heteroatoms. The SMILES string of the molecule is CN=C(NCCc1cnn(C)c1)NCC(c1ccco1)N1CCCC1. The summed E-state index contributed by atoms with van der Waals surface area (Å²) < 4.78 is 7.49. The van der Waals surface area contributed by atoms with Crippen molar-refractivity contribution in [1.82, 2.24) is 25.3 Å². The van der Waals surface area contributed by atoms with Gasteiger partial charge in [-0.2, -0.15) is 5.10 Å². The molecule has 0 radical (unpaired) electrons. The number of rotatable bonds is 7. The first-order chi connectivity index (χ1) is 12.3. The lowest BCUT2D eigenvalue weighted by Crippen LogP contribution is -2.43. The number of aliphatic imine (C=N–C) groups is 1. The van der Waals surface area contributed by atoms with Crippen molar-refractivity contribution in [3.05, 3.63) is 42.1 Å². The Kier molecular flexibility index (Phi) is 6.11. The third-order valence-electron chi connectivity index (χ3n) is 4.60. The van der Waals surface area contributed by atoms with Gasteiger partial charge < -0.3 is 15.1 Å². The van der Waals surface area contributed by atoms with Crippen molar-refractivity contribution >= 4 is 5.96 Å². The number of nitrogens with zero attached hydrogens (tertiary/aromatic N) is 4. The summed E-state index contributed by atoms with van der Waals surface area (Å²) in [5, 5.41) is 11.0. The number of aromatic nitrogens is 2. The lowest BCUT2D eigenvalue weighted by Gasteiger charge is -2.26. The number of nitrogens with one attached hydrogen (secondary N) is 2. The molecular weight excluding hydrogens is 316 g/mol. The molecule has 0 saturated carbocycles. The molecule has 2 aromatic rings. The third kappa shape index (κ3) is 4.85. The van der Waals surface area contributed by atoms with Gasteiger partial charge in [0.05, 0.1) is 18.5 Å². The fourth-order valence-corrected chi connectivity index (χ4v) is 3.28. The Morgan fingerprint density at radius 3 is 2.84 bits per heavy atom. The molecule has 0 aromatic carbocycles. The van der Waals surface area contributed by atoms with Gasteiger partial charge in [0.25, 0.3) is 0 Å². The van der Waals surface area contributed by atoms with Gasteiger partial charge in [-0.1, -0.05) is 0 Å². The van der Waals surface area contributed by atoms with Crippen LogP contribution in [0, 0.1) is 0 Å². The lowest BCUT2D eigenvalue weighted by molar-refractivity contribution is 0.215. The molecular formula is C18H28N6O. The second kappa shape index (κ2) is 8.71. The second-order valence-electron chi connectivity index (χ2n) is 6.43. The maximum Gasteiger partial charge on any atom is 0.191 e. The van der Waals surface area contributed by atoms with Crippen molar-refractivity contribution in [1.29, 1.82) is 0 Å². The Morgan fingerprint density at radius 2 is 2.20 bits per heavy atom. The average molecular weight is 344 g/mol. The van der Waals surface area contributed by atoms with Crippen LogP contribution in [0.3, 0.4) is 0 Å². The van der Waals surface area contributed by atoms with E-state index in [9.17, 15) is 0 Å². The predicted molar refractivity (Wildman–Crippen MR) is 98.5 cm³/mol. The van der Waals surface area contributed by atoms with E-state index >= 15 is 0 Å². The van der Waals surface area contributed by atoms with Crippen molar-refractivity contribution in [3.63, 3.8) is 0 Å². The summed E-state index contributed by atoms with van der Waals surface area (Å²) in [6.07, 6.45) is 9.13. The number of likely N-dealkylation sites (tertiary alicyclic amines) is 1. The van der Waals surface area contributed by atoms with Crippen molar-refractivity contribution in [3.8, 4) is 0 Å². The fourth-order valence-electron chi connectivity index (χ4n) is 3.28. The first kappa shape index (κ1) is 17.5. The molecule has 0 spiro atoms. The van der Waals surface area contributed by atoms with E-state index in [1.807, 2.05) is 30.2 Å². The summed E-state index contributed by atoms with van der Waals surface area (Å²) in [5.41, 5.74) is 1.22. The maximum absolute atomic E-state index is 5.66. The monoisotopic (exact) mass is 344 g/mol. The van der Waals surface area contributed by atoms with Gasteiger partial charge in [0.1, 0.15) is 5.76 Å². The van der Waals surface area contributed by atoms with Gasteiger partial charge in [-0.15, -0.1) is 0 Å². The summed E-state index contributed by atoms with van der Waals surface area (Å²) in [5.74, 6) is 1.83. The van der Waals surface area contributed by atoms with E-state index in [0.29, 0.717) is 0 Å². The summed E-state index contributed by atoms with van der Waals surface area (Å²) in [6, 6.07) is 4.26. The number of hydrogen-bond donors (Lipinski definition) is 2. The van der Waals surface area contributed by atoms with Crippen LogP contribution in [0.15, 0.2) is 40.2 Å². The number of aryl methyl sites for hydroxylation is 1. The van der Waals surface area contributed by atoms with Crippen molar-refractivity contribution in [2.45, 2.75) is 25.3 Å². The van der Waals surface area contributed by atoms with E-state index in [0.717, 1.165) is 44.3 Å². The average Bonchev–Trinajstić information content (AvgIpc) is 3.37. The molecule has 1 saturated heterocycles. The van der Waals surface area contributed by atoms with E-state index in [1.54, 1.807) is 13.3 Å². The topological polar surface area (TPSA) is 70.6 Å². The van der Waals surface area contributed by atoms with Crippen LogP contribution < -0.4 is 10.6 Å². The first-order valence-electron chi connectivity index (χ1n) is 8.96. The molecule has 1 unspecified atom stereocenters. The van der Waals surface area contributed by atoms with Crippen LogP contribution >= 0.6 is 0 Å². The molecule has 1 fully saturated rings. The van der Waals surface area contributed by atoms with Crippen LogP contribution in [0.1, 0.15) is 30.2 Å². The minimum absolute atomic E-state index is 0.245.